The summed E-state index contributed by atoms with van der Waals surface area (Å²) in [5, 5.41) is 3.40. The van der Waals surface area contributed by atoms with Gasteiger partial charge in [-0.2, -0.15) is 0 Å². The highest BCUT2D eigenvalue weighted by Gasteiger charge is 2.31. The summed E-state index contributed by atoms with van der Waals surface area (Å²) in [5.74, 6) is 0.348. The van der Waals surface area contributed by atoms with Gasteiger partial charge in [-0.25, -0.2) is 9.97 Å². The number of likely N-dealkylation sites (tertiary alicyclic amines) is 1. The SMILES string of the molecule is O=C(NCCC(=O)N1CCCC1c1ccnc(-c2cccc(Cl)c2)n1)c1cccnc1. The van der Waals surface area contributed by atoms with Crippen LogP contribution in [0, 0.1) is 0 Å². The third kappa shape index (κ3) is 5.06. The average molecular weight is 436 g/mol. The van der Waals surface area contributed by atoms with Crippen molar-refractivity contribution in [3.63, 3.8) is 0 Å². The van der Waals surface area contributed by atoms with Crippen LogP contribution in [0.5, 0.6) is 0 Å². The zero-order valence-electron chi connectivity index (χ0n) is 16.9. The van der Waals surface area contributed by atoms with Crippen LogP contribution in [0.3, 0.4) is 0 Å². The minimum Gasteiger partial charge on any atom is -0.351 e. The van der Waals surface area contributed by atoms with Crippen molar-refractivity contribution in [1.82, 2.24) is 25.2 Å². The Morgan fingerprint density at radius 1 is 1.16 bits per heavy atom. The van der Waals surface area contributed by atoms with Gasteiger partial charge < -0.3 is 10.2 Å². The summed E-state index contributed by atoms with van der Waals surface area (Å²) in [6.07, 6.45) is 6.82. The lowest BCUT2D eigenvalue weighted by Gasteiger charge is -2.24. The molecule has 3 heterocycles. The van der Waals surface area contributed by atoms with Crippen molar-refractivity contribution in [2.45, 2.75) is 25.3 Å². The van der Waals surface area contributed by atoms with Crippen LogP contribution in [0.1, 0.15) is 41.4 Å². The van der Waals surface area contributed by atoms with Crippen molar-refractivity contribution >= 4 is 23.4 Å². The standard InChI is InChI=1S/C23H22ClN5O2/c24-18-6-1-4-16(14-18)22-26-11-8-19(28-22)20-7-3-13-29(20)21(30)9-12-27-23(31)17-5-2-10-25-15-17/h1-2,4-6,8,10-11,14-15,20H,3,7,9,12-13H2,(H,27,31). The highest BCUT2D eigenvalue weighted by atomic mass is 35.5. The van der Waals surface area contributed by atoms with Gasteiger partial charge in [-0.3, -0.25) is 14.6 Å². The molecule has 0 saturated carbocycles. The van der Waals surface area contributed by atoms with Crippen molar-refractivity contribution in [2.24, 2.45) is 0 Å². The van der Waals surface area contributed by atoms with E-state index in [1.807, 2.05) is 29.2 Å². The summed E-state index contributed by atoms with van der Waals surface area (Å²) >= 11 is 6.09. The molecule has 4 rings (SSSR count). The van der Waals surface area contributed by atoms with Crippen molar-refractivity contribution < 1.29 is 9.59 Å². The summed E-state index contributed by atoms with van der Waals surface area (Å²) in [5.41, 5.74) is 2.13. The molecular weight excluding hydrogens is 414 g/mol. The fourth-order valence-electron chi connectivity index (χ4n) is 3.72. The lowest BCUT2D eigenvalue weighted by molar-refractivity contribution is -0.132. The number of carbonyl (C=O) groups excluding carboxylic acids is 2. The lowest BCUT2D eigenvalue weighted by Crippen LogP contribution is -2.34. The number of hydrogen-bond acceptors (Lipinski definition) is 5. The normalized spacial score (nSPS) is 15.6. The van der Waals surface area contributed by atoms with Crippen molar-refractivity contribution in [3.8, 4) is 11.4 Å². The maximum absolute atomic E-state index is 12.8. The molecule has 1 aliphatic heterocycles. The van der Waals surface area contributed by atoms with Gasteiger partial charge >= 0.3 is 0 Å². The van der Waals surface area contributed by atoms with E-state index < -0.39 is 0 Å². The van der Waals surface area contributed by atoms with E-state index >= 15 is 0 Å². The fourth-order valence-corrected chi connectivity index (χ4v) is 3.91. The van der Waals surface area contributed by atoms with Crippen LogP contribution < -0.4 is 5.32 Å². The second-order valence-corrected chi connectivity index (χ2v) is 7.74. The van der Waals surface area contributed by atoms with E-state index in [1.165, 1.54) is 6.20 Å². The molecule has 0 spiro atoms. The molecule has 1 N–H and O–H groups in total. The van der Waals surface area contributed by atoms with E-state index in [2.05, 4.69) is 15.3 Å². The molecule has 7 nitrogen and oxygen atoms in total. The first-order chi connectivity index (χ1) is 15.1. The number of nitrogens with one attached hydrogen (secondary N) is 1. The van der Waals surface area contributed by atoms with E-state index in [-0.39, 0.29) is 30.8 Å². The number of amides is 2. The zero-order valence-corrected chi connectivity index (χ0v) is 17.6. The van der Waals surface area contributed by atoms with Crippen LogP contribution in [0.15, 0.2) is 61.1 Å². The highest BCUT2D eigenvalue weighted by molar-refractivity contribution is 6.30. The molecule has 1 unspecified atom stereocenters. The van der Waals surface area contributed by atoms with Crippen LogP contribution in [-0.4, -0.2) is 44.8 Å². The number of nitrogens with zero attached hydrogens (tertiary/aromatic N) is 4. The Hall–Kier alpha value is -3.32. The maximum Gasteiger partial charge on any atom is 0.252 e. The topological polar surface area (TPSA) is 88.1 Å². The van der Waals surface area contributed by atoms with E-state index in [0.717, 1.165) is 24.1 Å². The molecule has 2 amide bonds. The Morgan fingerprint density at radius 3 is 2.87 bits per heavy atom. The molecule has 2 aromatic heterocycles. The van der Waals surface area contributed by atoms with Crippen LogP contribution in [-0.2, 0) is 4.79 Å². The van der Waals surface area contributed by atoms with Gasteiger partial charge in [-0.15, -0.1) is 0 Å². The number of pyridine rings is 1. The van der Waals surface area contributed by atoms with E-state index in [9.17, 15) is 9.59 Å². The summed E-state index contributed by atoms with van der Waals surface area (Å²) < 4.78 is 0. The Bertz CT molecular complexity index is 1080. The van der Waals surface area contributed by atoms with Gasteiger partial charge in [0.15, 0.2) is 5.82 Å². The first-order valence-electron chi connectivity index (χ1n) is 10.2. The Morgan fingerprint density at radius 2 is 2.06 bits per heavy atom. The summed E-state index contributed by atoms with van der Waals surface area (Å²) in [6, 6.07) is 12.5. The molecule has 3 aromatic rings. The van der Waals surface area contributed by atoms with Gasteiger partial charge in [0.2, 0.25) is 5.91 Å². The van der Waals surface area contributed by atoms with Crippen molar-refractivity contribution in [2.75, 3.05) is 13.1 Å². The van der Waals surface area contributed by atoms with Gasteiger partial charge in [-0.05, 0) is 43.2 Å². The zero-order chi connectivity index (χ0) is 21.6. The molecule has 0 radical (unpaired) electrons. The van der Waals surface area contributed by atoms with E-state index in [0.29, 0.717) is 23.0 Å². The van der Waals surface area contributed by atoms with Crippen molar-refractivity contribution in [3.05, 3.63) is 77.3 Å². The summed E-state index contributed by atoms with van der Waals surface area (Å²) in [4.78, 5) is 39.8. The van der Waals surface area contributed by atoms with Crippen LogP contribution in [0.2, 0.25) is 5.02 Å². The highest BCUT2D eigenvalue weighted by Crippen LogP contribution is 2.32. The predicted molar refractivity (Wildman–Crippen MR) is 117 cm³/mol. The fraction of sp³-hybridized carbons (Fsp3) is 0.261. The minimum atomic E-state index is -0.235. The summed E-state index contributed by atoms with van der Waals surface area (Å²) in [7, 11) is 0. The first-order valence-corrected chi connectivity index (χ1v) is 10.6. The molecule has 8 heteroatoms. The third-order valence-corrected chi connectivity index (χ3v) is 5.46. The number of carbonyl (C=O) groups is 2. The second kappa shape index (κ2) is 9.66. The van der Waals surface area contributed by atoms with Gasteiger partial charge in [0.25, 0.3) is 5.91 Å². The van der Waals surface area contributed by atoms with Gasteiger partial charge in [0, 0.05) is 48.7 Å². The first kappa shape index (κ1) is 20.9. The number of halogens is 1. The largest absolute Gasteiger partial charge is 0.351 e. The lowest BCUT2D eigenvalue weighted by atomic mass is 10.1. The molecule has 31 heavy (non-hydrogen) atoms. The minimum absolute atomic E-state index is 0.00287. The van der Waals surface area contributed by atoms with E-state index in [4.69, 9.17) is 16.6 Å². The molecule has 1 aromatic carbocycles. The average Bonchev–Trinajstić information content (AvgIpc) is 3.30. The van der Waals surface area contributed by atoms with Crippen LogP contribution >= 0.6 is 11.6 Å². The van der Waals surface area contributed by atoms with Crippen LogP contribution in [0.4, 0.5) is 0 Å². The van der Waals surface area contributed by atoms with Crippen molar-refractivity contribution in [1.29, 1.82) is 0 Å². The summed E-state index contributed by atoms with van der Waals surface area (Å²) in [6.45, 7) is 0.948. The Labute approximate surface area is 185 Å². The second-order valence-electron chi connectivity index (χ2n) is 7.31. The van der Waals surface area contributed by atoms with Crippen LogP contribution in [0.25, 0.3) is 11.4 Å². The Balaban J connectivity index is 1.40. The Kier molecular flexibility index (Phi) is 6.52. The quantitative estimate of drug-likeness (QED) is 0.638. The monoisotopic (exact) mass is 435 g/mol. The van der Waals surface area contributed by atoms with Gasteiger partial charge in [0.1, 0.15) is 0 Å². The van der Waals surface area contributed by atoms with Gasteiger partial charge in [0.05, 0.1) is 17.3 Å². The smallest absolute Gasteiger partial charge is 0.252 e. The predicted octanol–water partition coefficient (Wildman–Crippen LogP) is 3.68. The number of benzene rings is 1. The molecule has 1 saturated heterocycles. The molecule has 0 aliphatic carbocycles. The number of hydrogen-bond donors (Lipinski definition) is 1. The van der Waals surface area contributed by atoms with Gasteiger partial charge in [-0.1, -0.05) is 23.7 Å². The number of rotatable bonds is 6. The molecular formula is C23H22ClN5O2. The maximum atomic E-state index is 12.8. The molecule has 1 aliphatic rings. The molecule has 1 fully saturated rings. The molecule has 0 bridgehead atoms. The molecule has 1 atom stereocenters. The molecule has 158 valence electrons. The third-order valence-electron chi connectivity index (χ3n) is 5.22. The number of aromatic nitrogens is 3. The van der Waals surface area contributed by atoms with E-state index in [1.54, 1.807) is 30.6 Å².